The van der Waals surface area contributed by atoms with Crippen LogP contribution in [0.5, 0.6) is 0 Å². The summed E-state index contributed by atoms with van der Waals surface area (Å²) in [5.41, 5.74) is 2.67. The Morgan fingerprint density at radius 2 is 2.14 bits per heavy atom. The van der Waals surface area contributed by atoms with E-state index in [9.17, 15) is 0 Å². The summed E-state index contributed by atoms with van der Waals surface area (Å²) in [6.45, 7) is 2.78. The Balaban J connectivity index is 1.71. The van der Waals surface area contributed by atoms with E-state index in [0.717, 1.165) is 22.3 Å². The first kappa shape index (κ1) is 13.5. The minimum absolute atomic E-state index is 0.114. The van der Waals surface area contributed by atoms with Crippen molar-refractivity contribution in [2.45, 2.75) is 19.5 Å². The molecule has 106 valence electrons. The summed E-state index contributed by atoms with van der Waals surface area (Å²) in [5.74, 6) is 0.924. The molecule has 0 radical (unpaired) electrons. The van der Waals surface area contributed by atoms with Gasteiger partial charge in [-0.05, 0) is 30.7 Å². The number of hydrogen-bond donors (Lipinski definition) is 1. The minimum Gasteiger partial charge on any atom is -0.459 e. The van der Waals surface area contributed by atoms with Crippen molar-refractivity contribution in [2.75, 3.05) is 0 Å². The maximum absolute atomic E-state index is 8.96. The Kier molecular flexibility index (Phi) is 3.51. The second-order valence-electron chi connectivity index (χ2n) is 5.25. The maximum atomic E-state index is 8.96. The largest absolute Gasteiger partial charge is 0.459 e. The lowest BCUT2D eigenvalue weighted by atomic mass is 10.2. The first-order valence-electron chi connectivity index (χ1n) is 6.94. The molecular weight excluding hydrogens is 262 g/mol. The molecule has 4 nitrogen and oxygen atoms in total. The van der Waals surface area contributed by atoms with Crippen molar-refractivity contribution in [1.29, 1.82) is 5.26 Å². The number of rotatable bonds is 4. The minimum atomic E-state index is 0.114. The van der Waals surface area contributed by atoms with Gasteiger partial charge < -0.3 is 14.3 Å². The van der Waals surface area contributed by atoms with Crippen LogP contribution in [0.4, 0.5) is 0 Å². The SMILES string of the molecule is CC(NCc1cc(C#N)n(C)c1)c1cc2ccccc2o1. The fourth-order valence-corrected chi connectivity index (χ4v) is 2.43. The molecule has 2 heterocycles. The second kappa shape index (κ2) is 5.47. The molecular formula is C17H17N3O. The molecule has 21 heavy (non-hydrogen) atoms. The zero-order valence-corrected chi connectivity index (χ0v) is 12.1. The first-order chi connectivity index (χ1) is 10.2. The first-order valence-corrected chi connectivity index (χ1v) is 6.94. The molecule has 1 aromatic carbocycles. The average molecular weight is 279 g/mol. The van der Waals surface area contributed by atoms with Crippen molar-refractivity contribution in [1.82, 2.24) is 9.88 Å². The molecule has 0 amide bonds. The van der Waals surface area contributed by atoms with E-state index in [1.807, 2.05) is 48.1 Å². The summed E-state index contributed by atoms with van der Waals surface area (Å²) in [4.78, 5) is 0. The smallest absolute Gasteiger partial charge is 0.134 e. The van der Waals surface area contributed by atoms with Crippen molar-refractivity contribution < 1.29 is 4.42 Å². The molecule has 0 bridgehead atoms. The Labute approximate surface area is 123 Å². The Morgan fingerprint density at radius 3 is 2.86 bits per heavy atom. The van der Waals surface area contributed by atoms with Crippen molar-refractivity contribution in [3.05, 3.63) is 59.6 Å². The van der Waals surface area contributed by atoms with Gasteiger partial charge in [0.15, 0.2) is 0 Å². The molecule has 0 aliphatic rings. The van der Waals surface area contributed by atoms with Crippen LogP contribution in [0.1, 0.15) is 30.0 Å². The van der Waals surface area contributed by atoms with E-state index >= 15 is 0 Å². The third kappa shape index (κ3) is 2.69. The summed E-state index contributed by atoms with van der Waals surface area (Å²) in [6.07, 6.45) is 1.97. The number of nitriles is 1. The molecule has 1 N–H and O–H groups in total. The van der Waals surface area contributed by atoms with E-state index in [4.69, 9.17) is 9.68 Å². The lowest BCUT2D eigenvalue weighted by Crippen LogP contribution is -2.17. The van der Waals surface area contributed by atoms with Crippen LogP contribution in [0.15, 0.2) is 47.0 Å². The number of aromatic nitrogens is 1. The van der Waals surface area contributed by atoms with Crippen LogP contribution >= 0.6 is 0 Å². The Hall–Kier alpha value is -2.51. The van der Waals surface area contributed by atoms with Crippen molar-refractivity contribution in [2.24, 2.45) is 7.05 Å². The van der Waals surface area contributed by atoms with Crippen LogP contribution in [-0.4, -0.2) is 4.57 Å². The van der Waals surface area contributed by atoms with Crippen LogP contribution in [0.3, 0.4) is 0 Å². The number of nitrogens with one attached hydrogen (secondary N) is 1. The third-order valence-electron chi connectivity index (χ3n) is 3.66. The number of hydrogen-bond acceptors (Lipinski definition) is 3. The normalized spacial score (nSPS) is 12.4. The molecule has 0 saturated carbocycles. The van der Waals surface area contributed by atoms with E-state index in [0.29, 0.717) is 12.2 Å². The van der Waals surface area contributed by atoms with Crippen LogP contribution in [0.2, 0.25) is 0 Å². The molecule has 3 aromatic rings. The summed E-state index contributed by atoms with van der Waals surface area (Å²) in [7, 11) is 1.88. The lowest BCUT2D eigenvalue weighted by Gasteiger charge is -2.10. The van der Waals surface area contributed by atoms with Gasteiger partial charge in [-0.3, -0.25) is 0 Å². The molecule has 0 aliphatic heterocycles. The van der Waals surface area contributed by atoms with Gasteiger partial charge in [-0.25, -0.2) is 0 Å². The zero-order chi connectivity index (χ0) is 14.8. The fourth-order valence-electron chi connectivity index (χ4n) is 2.43. The van der Waals surface area contributed by atoms with Gasteiger partial charge in [-0.15, -0.1) is 0 Å². The molecule has 2 aromatic heterocycles. The number of fused-ring (bicyclic) bond motifs is 1. The molecule has 0 saturated heterocycles. The van der Waals surface area contributed by atoms with Gasteiger partial charge in [0.05, 0.1) is 6.04 Å². The molecule has 4 heteroatoms. The van der Waals surface area contributed by atoms with E-state index in [-0.39, 0.29) is 6.04 Å². The van der Waals surface area contributed by atoms with Gasteiger partial charge in [-0.1, -0.05) is 18.2 Å². The third-order valence-corrected chi connectivity index (χ3v) is 3.66. The Morgan fingerprint density at radius 1 is 1.33 bits per heavy atom. The van der Waals surface area contributed by atoms with Crippen LogP contribution < -0.4 is 5.32 Å². The Bertz CT molecular complexity index is 774. The zero-order valence-electron chi connectivity index (χ0n) is 12.1. The predicted octanol–water partition coefficient (Wildman–Crippen LogP) is 3.49. The summed E-state index contributed by atoms with van der Waals surface area (Å²) < 4.78 is 7.68. The monoisotopic (exact) mass is 279 g/mol. The van der Waals surface area contributed by atoms with Gasteiger partial charge in [-0.2, -0.15) is 5.26 Å². The average Bonchev–Trinajstić information content (AvgIpc) is 3.07. The van der Waals surface area contributed by atoms with Crippen molar-refractivity contribution in [3.63, 3.8) is 0 Å². The quantitative estimate of drug-likeness (QED) is 0.795. The van der Waals surface area contributed by atoms with Crippen LogP contribution in [0.25, 0.3) is 11.0 Å². The predicted molar refractivity (Wildman–Crippen MR) is 81.6 cm³/mol. The van der Waals surface area contributed by atoms with E-state index in [1.165, 1.54) is 0 Å². The molecule has 0 fully saturated rings. The highest BCUT2D eigenvalue weighted by molar-refractivity contribution is 5.77. The summed E-state index contributed by atoms with van der Waals surface area (Å²) in [6, 6.07) is 14.3. The second-order valence-corrected chi connectivity index (χ2v) is 5.25. The molecule has 1 unspecified atom stereocenters. The standard InChI is InChI=1S/C17H17N3O/c1-12(17-8-14-5-3-4-6-16(14)21-17)19-10-13-7-15(9-18)20(2)11-13/h3-8,11-12,19H,10H2,1-2H3. The van der Waals surface area contributed by atoms with Crippen LogP contribution in [0, 0.1) is 11.3 Å². The number of benzene rings is 1. The van der Waals surface area contributed by atoms with Gasteiger partial charge in [0.2, 0.25) is 0 Å². The van der Waals surface area contributed by atoms with E-state index in [2.05, 4.69) is 24.4 Å². The van der Waals surface area contributed by atoms with Gasteiger partial charge in [0, 0.05) is 25.2 Å². The van der Waals surface area contributed by atoms with Crippen molar-refractivity contribution >= 4 is 11.0 Å². The molecule has 1 atom stereocenters. The fraction of sp³-hybridized carbons (Fsp3) is 0.235. The maximum Gasteiger partial charge on any atom is 0.134 e. The molecule has 0 aliphatic carbocycles. The van der Waals surface area contributed by atoms with E-state index in [1.54, 1.807) is 0 Å². The van der Waals surface area contributed by atoms with Gasteiger partial charge in [0.1, 0.15) is 23.1 Å². The number of nitrogens with zero attached hydrogens (tertiary/aromatic N) is 2. The van der Waals surface area contributed by atoms with Gasteiger partial charge >= 0.3 is 0 Å². The van der Waals surface area contributed by atoms with Crippen LogP contribution in [-0.2, 0) is 13.6 Å². The highest BCUT2D eigenvalue weighted by atomic mass is 16.3. The highest BCUT2D eigenvalue weighted by Crippen LogP contribution is 2.23. The molecule has 0 spiro atoms. The topological polar surface area (TPSA) is 53.9 Å². The molecule has 3 rings (SSSR count). The van der Waals surface area contributed by atoms with Gasteiger partial charge in [0.25, 0.3) is 0 Å². The van der Waals surface area contributed by atoms with Crippen molar-refractivity contribution in [3.8, 4) is 6.07 Å². The van der Waals surface area contributed by atoms with E-state index < -0.39 is 0 Å². The number of aryl methyl sites for hydroxylation is 1. The number of para-hydroxylation sites is 1. The lowest BCUT2D eigenvalue weighted by molar-refractivity contribution is 0.451. The highest BCUT2D eigenvalue weighted by Gasteiger charge is 2.11. The summed E-state index contributed by atoms with van der Waals surface area (Å²) >= 11 is 0. The summed E-state index contributed by atoms with van der Waals surface area (Å²) in [5, 5.41) is 13.5. The number of furan rings is 1.